The van der Waals surface area contributed by atoms with Gasteiger partial charge in [-0.25, -0.2) is 9.89 Å². The van der Waals surface area contributed by atoms with Crippen LogP contribution in [0.2, 0.25) is 0 Å². The van der Waals surface area contributed by atoms with E-state index in [-0.39, 0.29) is 5.69 Å². The lowest BCUT2D eigenvalue weighted by Crippen LogP contribution is -2.16. The van der Waals surface area contributed by atoms with Crippen LogP contribution in [0.5, 0.6) is 0 Å². The van der Waals surface area contributed by atoms with Crippen molar-refractivity contribution in [2.75, 3.05) is 0 Å². The van der Waals surface area contributed by atoms with Crippen LogP contribution < -0.4 is 5.69 Å². The van der Waals surface area contributed by atoms with E-state index >= 15 is 0 Å². The summed E-state index contributed by atoms with van der Waals surface area (Å²) in [6, 6.07) is 8.46. The molecule has 0 bridgehead atoms. The summed E-state index contributed by atoms with van der Waals surface area (Å²) in [6.45, 7) is 0. The van der Waals surface area contributed by atoms with Gasteiger partial charge in [-0.05, 0) is 24.5 Å². The fourth-order valence-corrected chi connectivity index (χ4v) is 3.43. The van der Waals surface area contributed by atoms with Gasteiger partial charge < -0.3 is 0 Å². The Labute approximate surface area is 117 Å². The fraction of sp³-hybridized carbons (Fsp3) is 0.333. The van der Waals surface area contributed by atoms with E-state index in [1.807, 2.05) is 18.2 Å². The molecule has 4 nitrogen and oxygen atoms in total. The van der Waals surface area contributed by atoms with Crippen molar-refractivity contribution in [3.05, 3.63) is 44.8 Å². The molecular weight excluding hydrogens is 314 g/mol. The summed E-state index contributed by atoms with van der Waals surface area (Å²) in [6.07, 6.45) is 2.17. The molecule has 0 unspecified atom stereocenters. The summed E-state index contributed by atoms with van der Waals surface area (Å²) in [7, 11) is 0. The maximum Gasteiger partial charge on any atom is 0.344 e. The second-order valence-corrected chi connectivity index (χ2v) is 6.09. The molecule has 2 aromatic rings. The number of nitrogens with one attached hydrogen (secondary N) is 1. The summed E-state index contributed by atoms with van der Waals surface area (Å²) in [5.74, 6) is 0.804. The molecule has 94 valence electrons. The number of benzene rings is 1. The van der Waals surface area contributed by atoms with Gasteiger partial charge in [0.05, 0.1) is 0 Å². The Morgan fingerprint density at radius 1 is 1.44 bits per heavy atom. The summed E-state index contributed by atoms with van der Waals surface area (Å²) >= 11 is 5.12. The molecule has 18 heavy (non-hydrogen) atoms. The van der Waals surface area contributed by atoms with Crippen LogP contribution in [0.25, 0.3) is 0 Å². The van der Waals surface area contributed by atoms with Crippen LogP contribution in [0.3, 0.4) is 0 Å². The summed E-state index contributed by atoms with van der Waals surface area (Å²) in [5.41, 5.74) is 1.12. The maximum atomic E-state index is 11.6. The molecule has 0 spiro atoms. The van der Waals surface area contributed by atoms with Crippen molar-refractivity contribution in [3.8, 4) is 0 Å². The average Bonchev–Trinajstić information content (AvgIpc) is 3.13. The number of thioether (sulfide) groups is 1. The monoisotopic (exact) mass is 325 g/mol. The zero-order chi connectivity index (χ0) is 12.5. The van der Waals surface area contributed by atoms with Crippen molar-refractivity contribution in [2.24, 2.45) is 0 Å². The Balaban J connectivity index is 1.78. The molecule has 1 saturated carbocycles. The zero-order valence-corrected chi connectivity index (χ0v) is 12.0. The quantitative estimate of drug-likeness (QED) is 0.879. The van der Waals surface area contributed by atoms with Gasteiger partial charge in [0, 0.05) is 16.3 Å². The number of H-pyrrole nitrogens is 1. The van der Waals surface area contributed by atoms with E-state index in [0.717, 1.165) is 28.2 Å². The predicted molar refractivity (Wildman–Crippen MR) is 74.8 cm³/mol. The minimum Gasteiger partial charge on any atom is -0.267 e. The highest BCUT2D eigenvalue weighted by molar-refractivity contribution is 9.10. The van der Waals surface area contributed by atoms with Crippen LogP contribution in [0.1, 0.15) is 24.4 Å². The van der Waals surface area contributed by atoms with Crippen molar-refractivity contribution in [3.63, 3.8) is 0 Å². The molecule has 0 aliphatic heterocycles. The maximum absolute atomic E-state index is 11.6. The predicted octanol–water partition coefficient (Wildman–Crippen LogP) is 2.96. The molecule has 1 heterocycles. The first-order chi connectivity index (χ1) is 8.75. The van der Waals surface area contributed by atoms with Crippen LogP contribution in [-0.4, -0.2) is 14.8 Å². The Kier molecular flexibility index (Phi) is 3.30. The number of hydrogen-bond donors (Lipinski definition) is 1. The smallest absolute Gasteiger partial charge is 0.267 e. The van der Waals surface area contributed by atoms with Crippen molar-refractivity contribution in [2.45, 2.75) is 29.8 Å². The summed E-state index contributed by atoms with van der Waals surface area (Å²) < 4.78 is 2.87. The van der Waals surface area contributed by atoms with Gasteiger partial charge >= 0.3 is 5.69 Å². The van der Waals surface area contributed by atoms with Crippen LogP contribution >= 0.6 is 27.7 Å². The fourth-order valence-electron chi connectivity index (χ4n) is 1.80. The minimum absolute atomic E-state index is 0.0906. The van der Waals surface area contributed by atoms with Gasteiger partial charge in [0.2, 0.25) is 0 Å². The first-order valence-electron chi connectivity index (χ1n) is 5.79. The number of aromatic nitrogens is 3. The van der Waals surface area contributed by atoms with Gasteiger partial charge in [-0.15, -0.1) is 5.10 Å². The summed E-state index contributed by atoms with van der Waals surface area (Å²) in [5, 5.41) is 7.42. The van der Waals surface area contributed by atoms with Gasteiger partial charge in [0.25, 0.3) is 0 Å². The lowest BCUT2D eigenvalue weighted by atomic mass is 10.2. The third-order valence-corrected chi connectivity index (χ3v) is 4.67. The molecule has 6 heteroatoms. The highest BCUT2D eigenvalue weighted by Gasteiger charge is 2.28. The van der Waals surface area contributed by atoms with E-state index in [1.165, 1.54) is 5.56 Å². The molecule has 0 atom stereocenters. The van der Waals surface area contributed by atoms with Crippen LogP contribution in [0, 0.1) is 0 Å². The van der Waals surface area contributed by atoms with Gasteiger partial charge in [0.15, 0.2) is 5.16 Å². The molecule has 1 N–H and O–H groups in total. The van der Waals surface area contributed by atoms with E-state index in [0.29, 0.717) is 6.04 Å². The lowest BCUT2D eigenvalue weighted by molar-refractivity contribution is 0.642. The summed E-state index contributed by atoms with van der Waals surface area (Å²) in [4.78, 5) is 11.6. The van der Waals surface area contributed by atoms with Crippen molar-refractivity contribution < 1.29 is 0 Å². The van der Waals surface area contributed by atoms with Gasteiger partial charge in [-0.2, -0.15) is 0 Å². The number of hydrogen-bond acceptors (Lipinski definition) is 3. The first-order valence-corrected chi connectivity index (χ1v) is 7.56. The second kappa shape index (κ2) is 4.93. The Morgan fingerprint density at radius 2 is 2.22 bits per heavy atom. The average molecular weight is 326 g/mol. The molecule has 3 rings (SSSR count). The molecule has 1 aliphatic rings. The second-order valence-electron chi connectivity index (χ2n) is 4.29. The third-order valence-electron chi connectivity index (χ3n) is 2.90. The van der Waals surface area contributed by atoms with Crippen LogP contribution in [-0.2, 0) is 5.75 Å². The molecule has 0 amide bonds. The molecule has 1 fully saturated rings. The number of aromatic amines is 1. The van der Waals surface area contributed by atoms with Crippen LogP contribution in [0.4, 0.5) is 0 Å². The van der Waals surface area contributed by atoms with Gasteiger partial charge in [-0.3, -0.25) is 4.57 Å². The van der Waals surface area contributed by atoms with E-state index in [2.05, 4.69) is 32.2 Å². The van der Waals surface area contributed by atoms with Crippen molar-refractivity contribution >= 4 is 27.7 Å². The molecule has 1 aromatic heterocycles. The Hall–Kier alpha value is -1.01. The highest BCUT2D eigenvalue weighted by Crippen LogP contribution is 2.36. The Bertz CT molecular complexity index is 618. The van der Waals surface area contributed by atoms with Crippen LogP contribution in [0.15, 0.2) is 38.7 Å². The number of nitrogens with zero attached hydrogens (tertiary/aromatic N) is 2. The molecule has 1 aromatic carbocycles. The SMILES string of the molecule is O=c1[nH]nc(SCc2ccccc2Br)n1C1CC1. The molecule has 0 saturated heterocycles. The van der Waals surface area contributed by atoms with E-state index in [1.54, 1.807) is 16.3 Å². The topological polar surface area (TPSA) is 50.7 Å². The van der Waals surface area contributed by atoms with Crippen molar-refractivity contribution in [1.29, 1.82) is 0 Å². The standard InChI is InChI=1S/C12H12BrN3OS/c13-10-4-2-1-3-8(10)7-18-12-15-14-11(17)16(12)9-5-6-9/h1-4,9H,5-7H2,(H,14,17). The highest BCUT2D eigenvalue weighted by atomic mass is 79.9. The van der Waals surface area contributed by atoms with E-state index in [4.69, 9.17) is 0 Å². The largest absolute Gasteiger partial charge is 0.344 e. The van der Waals surface area contributed by atoms with Gasteiger partial charge in [0.1, 0.15) is 0 Å². The third kappa shape index (κ3) is 2.40. The zero-order valence-electron chi connectivity index (χ0n) is 9.60. The lowest BCUT2D eigenvalue weighted by Gasteiger charge is -2.05. The molecular formula is C12H12BrN3OS. The van der Waals surface area contributed by atoms with Crippen molar-refractivity contribution in [1.82, 2.24) is 14.8 Å². The minimum atomic E-state index is -0.0906. The number of rotatable bonds is 4. The van der Waals surface area contributed by atoms with E-state index < -0.39 is 0 Å². The normalized spacial score (nSPS) is 14.9. The van der Waals surface area contributed by atoms with E-state index in [9.17, 15) is 4.79 Å². The first kappa shape index (κ1) is 12.0. The Morgan fingerprint density at radius 3 is 2.94 bits per heavy atom. The molecule has 0 radical (unpaired) electrons. The molecule has 1 aliphatic carbocycles. The van der Waals surface area contributed by atoms with Gasteiger partial charge in [-0.1, -0.05) is 45.9 Å². The number of halogens is 1.